The molecule has 4 heterocycles. The molecule has 4 aromatic heterocycles. The van der Waals surface area contributed by atoms with Gasteiger partial charge in [0.2, 0.25) is 0 Å². The molecule has 10 nitrogen and oxygen atoms in total. The van der Waals surface area contributed by atoms with E-state index in [0.29, 0.717) is 23.7 Å². The maximum atomic E-state index is 12.9. The molecule has 0 bridgehead atoms. The number of nitrogens with two attached hydrogens (primary N) is 1. The first-order valence-corrected chi connectivity index (χ1v) is 11.4. The van der Waals surface area contributed by atoms with Crippen LogP contribution in [-0.2, 0) is 11.3 Å². The van der Waals surface area contributed by atoms with E-state index in [1.165, 1.54) is 17.1 Å². The third-order valence-corrected chi connectivity index (χ3v) is 6.40. The minimum atomic E-state index is -1.17. The summed E-state index contributed by atoms with van der Waals surface area (Å²) in [7, 11) is 0. The fourth-order valence-corrected chi connectivity index (χ4v) is 4.50. The van der Waals surface area contributed by atoms with Crippen LogP contribution in [0.25, 0.3) is 16.4 Å². The number of hydrogen-bond acceptors (Lipinski definition) is 6. The van der Waals surface area contributed by atoms with E-state index in [1.54, 1.807) is 16.8 Å². The molecule has 1 amide bonds. The highest BCUT2D eigenvalue weighted by atomic mass is 16.4. The second-order valence-corrected chi connectivity index (χ2v) is 8.86. The molecule has 0 aliphatic carbocycles. The highest BCUT2D eigenvalue weighted by molar-refractivity contribution is 5.95. The number of aromatic nitrogens is 5. The SMILES string of the molecule is Cc1ccc2nc(C(C(=O)O)n3cc(C(=O)NCc4c(C)cc5c(N)nccc5c4C)cn3)cn2c1. The number of rotatable bonds is 6. The van der Waals surface area contributed by atoms with Crippen molar-refractivity contribution in [1.82, 2.24) is 29.5 Å². The number of amides is 1. The smallest absolute Gasteiger partial charge is 0.334 e. The van der Waals surface area contributed by atoms with E-state index in [2.05, 4.69) is 20.4 Å². The van der Waals surface area contributed by atoms with Gasteiger partial charge < -0.3 is 20.6 Å². The number of anilines is 1. The van der Waals surface area contributed by atoms with Crippen LogP contribution in [0.2, 0.25) is 0 Å². The standard InChI is InChI=1S/C26H25N7O3/c1-14-4-5-22-31-21(13-32(22)11-14)23(26(35)36)33-12-17(9-30-33)25(34)29-10-20-15(2)8-19-18(16(20)3)6-7-28-24(19)27/h4-9,11-13,23H,10H2,1-3H3,(H2,27,28)(H,29,34)(H,35,36). The van der Waals surface area contributed by atoms with Crippen molar-refractivity contribution in [3.05, 3.63) is 88.8 Å². The topological polar surface area (TPSA) is 140 Å². The molecule has 5 rings (SSSR count). The minimum Gasteiger partial charge on any atom is -0.479 e. The Kier molecular flexibility index (Phi) is 5.63. The summed E-state index contributed by atoms with van der Waals surface area (Å²) in [5.74, 6) is -1.01. The highest BCUT2D eigenvalue weighted by Gasteiger charge is 2.27. The maximum absolute atomic E-state index is 12.9. The molecule has 0 aliphatic heterocycles. The zero-order valence-electron chi connectivity index (χ0n) is 20.1. The fourth-order valence-electron chi connectivity index (χ4n) is 4.50. The van der Waals surface area contributed by atoms with Crippen molar-refractivity contribution in [3.8, 4) is 0 Å². The molecule has 182 valence electrons. The van der Waals surface area contributed by atoms with Gasteiger partial charge in [-0.3, -0.25) is 9.48 Å². The lowest BCUT2D eigenvalue weighted by Crippen LogP contribution is -2.24. The molecule has 10 heteroatoms. The summed E-state index contributed by atoms with van der Waals surface area (Å²) in [6.07, 6.45) is 7.98. The van der Waals surface area contributed by atoms with Crippen molar-refractivity contribution in [2.45, 2.75) is 33.4 Å². The van der Waals surface area contributed by atoms with Gasteiger partial charge >= 0.3 is 5.97 Å². The molecule has 4 N–H and O–H groups in total. The first-order valence-electron chi connectivity index (χ1n) is 11.4. The Morgan fingerprint density at radius 1 is 1.11 bits per heavy atom. The average molecular weight is 484 g/mol. The number of fused-ring (bicyclic) bond motifs is 2. The molecule has 5 aromatic rings. The first-order chi connectivity index (χ1) is 17.2. The lowest BCUT2D eigenvalue weighted by molar-refractivity contribution is -0.139. The van der Waals surface area contributed by atoms with Crippen molar-refractivity contribution < 1.29 is 14.7 Å². The Labute approximate surface area is 206 Å². The lowest BCUT2D eigenvalue weighted by atomic mass is 9.96. The van der Waals surface area contributed by atoms with E-state index >= 15 is 0 Å². The third kappa shape index (κ3) is 4.02. The largest absolute Gasteiger partial charge is 0.479 e. The summed E-state index contributed by atoms with van der Waals surface area (Å²) < 4.78 is 3.02. The van der Waals surface area contributed by atoms with Crippen LogP contribution in [0.15, 0.2) is 55.2 Å². The van der Waals surface area contributed by atoms with Gasteiger partial charge in [0.25, 0.3) is 5.91 Å². The molecule has 0 saturated heterocycles. The number of imidazole rings is 1. The predicted molar refractivity (Wildman–Crippen MR) is 135 cm³/mol. The van der Waals surface area contributed by atoms with E-state index < -0.39 is 12.0 Å². The van der Waals surface area contributed by atoms with Crippen LogP contribution in [-0.4, -0.2) is 41.1 Å². The third-order valence-electron chi connectivity index (χ3n) is 6.40. The second kappa shape index (κ2) is 8.81. The number of carbonyl (C=O) groups excluding carboxylic acids is 1. The Morgan fingerprint density at radius 2 is 1.92 bits per heavy atom. The van der Waals surface area contributed by atoms with Crippen LogP contribution in [0.3, 0.4) is 0 Å². The number of nitrogens with zero attached hydrogens (tertiary/aromatic N) is 5. The van der Waals surface area contributed by atoms with Gasteiger partial charge in [-0.25, -0.2) is 14.8 Å². The summed E-state index contributed by atoms with van der Waals surface area (Å²) in [6, 6.07) is 6.43. The van der Waals surface area contributed by atoms with Crippen molar-refractivity contribution in [1.29, 1.82) is 0 Å². The van der Waals surface area contributed by atoms with Gasteiger partial charge in [-0.05, 0) is 66.6 Å². The number of aliphatic carboxylic acids is 1. The Hall–Kier alpha value is -4.73. The van der Waals surface area contributed by atoms with E-state index in [9.17, 15) is 14.7 Å². The monoisotopic (exact) mass is 483 g/mol. The number of carboxylic acids is 1. The van der Waals surface area contributed by atoms with Gasteiger partial charge in [0, 0.05) is 36.7 Å². The molecule has 0 aliphatic rings. The van der Waals surface area contributed by atoms with Gasteiger partial charge in [0.05, 0.1) is 17.5 Å². The Morgan fingerprint density at radius 3 is 2.69 bits per heavy atom. The maximum Gasteiger partial charge on any atom is 0.334 e. The fraction of sp³-hybridized carbons (Fsp3) is 0.192. The normalized spacial score (nSPS) is 12.2. The molecule has 1 aromatic carbocycles. The zero-order valence-corrected chi connectivity index (χ0v) is 20.1. The second-order valence-electron chi connectivity index (χ2n) is 8.86. The van der Waals surface area contributed by atoms with Crippen LogP contribution in [0.4, 0.5) is 5.82 Å². The number of aryl methyl sites for hydroxylation is 3. The summed E-state index contributed by atoms with van der Waals surface area (Å²) in [4.78, 5) is 33.6. The molecule has 0 spiro atoms. The number of nitrogen functional groups attached to an aromatic ring is 1. The number of hydrogen-bond donors (Lipinski definition) is 3. The summed E-state index contributed by atoms with van der Waals surface area (Å²) in [5.41, 5.74) is 11.2. The van der Waals surface area contributed by atoms with Crippen LogP contribution >= 0.6 is 0 Å². The molecular formula is C26H25N7O3. The van der Waals surface area contributed by atoms with Crippen LogP contribution in [0.1, 0.15) is 44.3 Å². The van der Waals surface area contributed by atoms with E-state index in [-0.39, 0.29) is 11.5 Å². The number of carbonyl (C=O) groups is 2. The van der Waals surface area contributed by atoms with Gasteiger partial charge in [0.15, 0.2) is 6.04 Å². The molecular weight excluding hydrogens is 458 g/mol. The van der Waals surface area contributed by atoms with Crippen molar-refractivity contribution in [2.24, 2.45) is 0 Å². The molecule has 0 saturated carbocycles. The number of nitrogens with one attached hydrogen (secondary N) is 1. The summed E-state index contributed by atoms with van der Waals surface area (Å²) in [6.45, 7) is 6.20. The number of carboxylic acid groups (broad SMARTS) is 1. The van der Waals surface area contributed by atoms with Crippen molar-refractivity contribution in [2.75, 3.05) is 5.73 Å². The minimum absolute atomic E-state index is 0.255. The summed E-state index contributed by atoms with van der Waals surface area (Å²) in [5, 5.41) is 18.9. The van der Waals surface area contributed by atoms with E-state index in [1.807, 2.05) is 51.2 Å². The quantitative estimate of drug-likeness (QED) is 0.337. The van der Waals surface area contributed by atoms with E-state index in [4.69, 9.17) is 5.73 Å². The lowest BCUT2D eigenvalue weighted by Gasteiger charge is -2.14. The Bertz CT molecular complexity index is 1650. The first kappa shape index (κ1) is 23.0. The summed E-state index contributed by atoms with van der Waals surface area (Å²) >= 11 is 0. The zero-order chi connectivity index (χ0) is 25.6. The molecule has 36 heavy (non-hydrogen) atoms. The van der Waals surface area contributed by atoms with Gasteiger partial charge in [-0.15, -0.1) is 0 Å². The average Bonchev–Trinajstić information content (AvgIpc) is 3.47. The van der Waals surface area contributed by atoms with Crippen LogP contribution in [0, 0.1) is 20.8 Å². The molecule has 1 atom stereocenters. The molecule has 0 radical (unpaired) electrons. The van der Waals surface area contributed by atoms with E-state index in [0.717, 1.165) is 33.0 Å². The number of benzene rings is 1. The van der Waals surface area contributed by atoms with Crippen molar-refractivity contribution >= 4 is 34.1 Å². The predicted octanol–water partition coefficient (Wildman–Crippen LogP) is 3.19. The van der Waals surface area contributed by atoms with Gasteiger partial charge in [0.1, 0.15) is 11.5 Å². The van der Waals surface area contributed by atoms with Crippen molar-refractivity contribution in [3.63, 3.8) is 0 Å². The Balaban J connectivity index is 1.38. The molecule has 1 unspecified atom stereocenters. The van der Waals surface area contributed by atoms with Crippen LogP contribution in [0.5, 0.6) is 0 Å². The number of pyridine rings is 2. The molecule has 0 fully saturated rings. The van der Waals surface area contributed by atoms with Crippen LogP contribution < -0.4 is 11.1 Å². The van der Waals surface area contributed by atoms with Gasteiger partial charge in [-0.2, -0.15) is 5.10 Å². The highest BCUT2D eigenvalue weighted by Crippen LogP contribution is 2.28. The van der Waals surface area contributed by atoms with Gasteiger partial charge in [-0.1, -0.05) is 6.07 Å².